The molecule has 2 atom stereocenters. The fraction of sp³-hybridized carbons (Fsp3) is 0.353. The van der Waals surface area contributed by atoms with Gasteiger partial charge in [-0.3, -0.25) is 4.79 Å². The molecule has 1 heterocycles. The van der Waals surface area contributed by atoms with Crippen LogP contribution in [0.5, 0.6) is 0 Å². The van der Waals surface area contributed by atoms with Crippen LogP contribution >= 0.6 is 0 Å². The molecule has 118 valence electrons. The topological polar surface area (TPSA) is 82.7 Å². The number of furan rings is 1. The Labute approximate surface area is 129 Å². The first-order valence-corrected chi connectivity index (χ1v) is 7.12. The number of benzene rings is 1. The van der Waals surface area contributed by atoms with Gasteiger partial charge in [0.15, 0.2) is 6.10 Å². The molecule has 0 radical (unpaired) electrons. The number of nitrogens with one attached hydrogen (secondary N) is 1. The number of hydrogen-bond acceptors (Lipinski definition) is 4. The van der Waals surface area contributed by atoms with E-state index in [-0.39, 0.29) is 6.54 Å². The van der Waals surface area contributed by atoms with E-state index in [9.17, 15) is 15.0 Å². The Hall–Kier alpha value is -2.11. The van der Waals surface area contributed by atoms with E-state index in [1.54, 1.807) is 51.1 Å². The van der Waals surface area contributed by atoms with Crippen molar-refractivity contribution in [2.24, 2.45) is 0 Å². The van der Waals surface area contributed by atoms with Crippen LogP contribution < -0.4 is 5.32 Å². The van der Waals surface area contributed by atoms with Crippen molar-refractivity contribution in [1.29, 1.82) is 0 Å². The van der Waals surface area contributed by atoms with Crippen LogP contribution in [0.1, 0.15) is 35.7 Å². The maximum atomic E-state index is 12.0. The third kappa shape index (κ3) is 3.55. The molecule has 3 N–H and O–H groups in total. The van der Waals surface area contributed by atoms with Crippen LogP contribution in [0.3, 0.4) is 0 Å². The summed E-state index contributed by atoms with van der Waals surface area (Å²) in [5.41, 5.74) is -0.136. The van der Waals surface area contributed by atoms with Crippen molar-refractivity contribution >= 4 is 5.91 Å². The van der Waals surface area contributed by atoms with E-state index < -0.39 is 17.6 Å². The van der Waals surface area contributed by atoms with E-state index in [2.05, 4.69) is 5.32 Å². The van der Waals surface area contributed by atoms with Crippen molar-refractivity contribution in [3.05, 3.63) is 59.0 Å². The van der Waals surface area contributed by atoms with Crippen molar-refractivity contribution < 1.29 is 19.4 Å². The van der Waals surface area contributed by atoms with Gasteiger partial charge in [0.1, 0.15) is 17.1 Å². The van der Waals surface area contributed by atoms with Crippen LogP contribution in [0.2, 0.25) is 0 Å². The Balaban J connectivity index is 2.02. The van der Waals surface area contributed by atoms with Crippen LogP contribution in [0.4, 0.5) is 0 Å². The second-order valence-corrected chi connectivity index (χ2v) is 5.63. The Bertz CT molecular complexity index is 646. The third-order valence-corrected chi connectivity index (χ3v) is 3.59. The van der Waals surface area contributed by atoms with Gasteiger partial charge in [0.2, 0.25) is 0 Å². The Kier molecular flexibility index (Phi) is 4.68. The fourth-order valence-corrected chi connectivity index (χ4v) is 2.40. The zero-order valence-corrected chi connectivity index (χ0v) is 13.0. The molecule has 0 fully saturated rings. The maximum Gasteiger partial charge on any atom is 0.253 e. The lowest BCUT2D eigenvalue weighted by molar-refractivity contribution is -0.130. The number of carbonyl (C=O) groups excluding carboxylic acids is 1. The summed E-state index contributed by atoms with van der Waals surface area (Å²) in [7, 11) is 0. The molecule has 1 unspecified atom stereocenters. The van der Waals surface area contributed by atoms with E-state index >= 15 is 0 Å². The number of amides is 1. The van der Waals surface area contributed by atoms with Crippen LogP contribution in [-0.2, 0) is 10.4 Å². The first-order valence-electron chi connectivity index (χ1n) is 7.12. The predicted molar refractivity (Wildman–Crippen MR) is 82.2 cm³/mol. The third-order valence-electron chi connectivity index (χ3n) is 3.59. The van der Waals surface area contributed by atoms with Gasteiger partial charge >= 0.3 is 0 Å². The monoisotopic (exact) mass is 303 g/mol. The summed E-state index contributed by atoms with van der Waals surface area (Å²) in [5, 5.41) is 23.1. The van der Waals surface area contributed by atoms with Crippen LogP contribution in [0, 0.1) is 13.8 Å². The van der Waals surface area contributed by atoms with Crippen LogP contribution in [0.25, 0.3) is 0 Å². The van der Waals surface area contributed by atoms with Gasteiger partial charge < -0.3 is 19.9 Å². The largest absolute Gasteiger partial charge is 0.466 e. The van der Waals surface area contributed by atoms with Crippen molar-refractivity contribution in [3.8, 4) is 0 Å². The van der Waals surface area contributed by atoms with Crippen LogP contribution in [-0.4, -0.2) is 22.7 Å². The fourth-order valence-electron chi connectivity index (χ4n) is 2.40. The number of aryl methyl sites for hydroxylation is 2. The van der Waals surface area contributed by atoms with Gasteiger partial charge in [0.25, 0.3) is 5.91 Å². The number of rotatable bonds is 5. The molecule has 0 aliphatic carbocycles. The zero-order valence-electron chi connectivity index (χ0n) is 13.0. The highest BCUT2D eigenvalue weighted by atomic mass is 16.3. The summed E-state index contributed by atoms with van der Waals surface area (Å²) in [6.45, 7) is 5.14. The Morgan fingerprint density at radius 1 is 1.32 bits per heavy atom. The van der Waals surface area contributed by atoms with Gasteiger partial charge in [-0.2, -0.15) is 0 Å². The SMILES string of the molecule is Cc1cc(C(C)(O)CNC(=O)[C@@H](O)c2ccccc2)c(C)o1. The normalized spacial score (nSPS) is 15.1. The highest BCUT2D eigenvalue weighted by Crippen LogP contribution is 2.26. The summed E-state index contributed by atoms with van der Waals surface area (Å²) in [6, 6.07) is 10.4. The average Bonchev–Trinajstić information content (AvgIpc) is 2.84. The lowest BCUT2D eigenvalue weighted by atomic mass is 9.96. The van der Waals surface area contributed by atoms with E-state index in [1.807, 2.05) is 6.07 Å². The van der Waals surface area contributed by atoms with Gasteiger partial charge in [-0.15, -0.1) is 0 Å². The summed E-state index contributed by atoms with van der Waals surface area (Å²) >= 11 is 0. The molecule has 0 saturated heterocycles. The van der Waals surface area contributed by atoms with Crippen molar-refractivity contribution in [1.82, 2.24) is 5.32 Å². The van der Waals surface area contributed by atoms with Crippen LogP contribution in [0.15, 0.2) is 40.8 Å². The number of aliphatic hydroxyl groups is 2. The summed E-state index contributed by atoms with van der Waals surface area (Å²) in [5.74, 6) is 0.758. The standard InChI is InChI=1S/C17H21NO4/c1-11-9-14(12(2)22-11)17(3,21)10-18-16(20)15(19)13-7-5-4-6-8-13/h4-9,15,19,21H,10H2,1-3H3,(H,18,20)/t15-,17?/m0/s1. The molecule has 2 aromatic rings. The van der Waals surface area contributed by atoms with Gasteiger partial charge in [-0.1, -0.05) is 30.3 Å². The minimum Gasteiger partial charge on any atom is -0.466 e. The van der Waals surface area contributed by atoms with Crippen molar-refractivity contribution in [2.45, 2.75) is 32.5 Å². The molecule has 0 bridgehead atoms. The molecule has 5 nitrogen and oxygen atoms in total. The minimum absolute atomic E-state index is 0.0183. The molecule has 22 heavy (non-hydrogen) atoms. The van der Waals surface area contributed by atoms with E-state index in [1.165, 1.54) is 0 Å². The molecule has 1 amide bonds. The molecular weight excluding hydrogens is 282 g/mol. The first-order chi connectivity index (χ1) is 10.3. The summed E-state index contributed by atoms with van der Waals surface area (Å²) in [6.07, 6.45) is -1.26. The van der Waals surface area contributed by atoms with Crippen molar-refractivity contribution in [2.75, 3.05) is 6.54 Å². The molecule has 1 aromatic heterocycles. The molecule has 0 aliphatic rings. The van der Waals surface area contributed by atoms with Crippen molar-refractivity contribution in [3.63, 3.8) is 0 Å². The summed E-state index contributed by atoms with van der Waals surface area (Å²) < 4.78 is 5.40. The first kappa shape index (κ1) is 16.3. The number of aliphatic hydroxyl groups excluding tert-OH is 1. The van der Waals surface area contributed by atoms with Gasteiger partial charge in [0.05, 0.1) is 6.54 Å². The molecule has 0 aliphatic heterocycles. The van der Waals surface area contributed by atoms with E-state index in [0.29, 0.717) is 22.6 Å². The maximum absolute atomic E-state index is 12.0. The Morgan fingerprint density at radius 2 is 1.95 bits per heavy atom. The second kappa shape index (κ2) is 6.34. The highest BCUT2D eigenvalue weighted by Gasteiger charge is 2.29. The molecule has 0 spiro atoms. The molecule has 1 aromatic carbocycles. The second-order valence-electron chi connectivity index (χ2n) is 5.63. The highest BCUT2D eigenvalue weighted by molar-refractivity contribution is 5.81. The quantitative estimate of drug-likeness (QED) is 0.788. The smallest absolute Gasteiger partial charge is 0.253 e. The average molecular weight is 303 g/mol. The summed E-state index contributed by atoms with van der Waals surface area (Å²) in [4.78, 5) is 12.0. The lowest BCUT2D eigenvalue weighted by Crippen LogP contribution is -2.40. The van der Waals surface area contributed by atoms with E-state index in [0.717, 1.165) is 0 Å². The molecule has 2 rings (SSSR count). The minimum atomic E-state index is -1.27. The zero-order chi connectivity index (χ0) is 16.3. The van der Waals surface area contributed by atoms with Gasteiger partial charge in [-0.25, -0.2) is 0 Å². The lowest BCUT2D eigenvalue weighted by Gasteiger charge is -2.24. The molecular formula is C17H21NO4. The number of hydrogen-bond donors (Lipinski definition) is 3. The Morgan fingerprint density at radius 3 is 2.50 bits per heavy atom. The van der Waals surface area contributed by atoms with Gasteiger partial charge in [-0.05, 0) is 32.4 Å². The molecule has 0 saturated carbocycles. The number of carbonyl (C=O) groups is 1. The predicted octanol–water partition coefficient (Wildman–Crippen LogP) is 1.95. The van der Waals surface area contributed by atoms with E-state index in [4.69, 9.17) is 4.42 Å². The molecule has 5 heteroatoms. The van der Waals surface area contributed by atoms with Gasteiger partial charge in [0, 0.05) is 5.56 Å².